The zero-order valence-electron chi connectivity index (χ0n) is 12.3. The number of hydrogen-bond acceptors (Lipinski definition) is 3. The number of aryl methyl sites for hydroxylation is 1. The van der Waals surface area contributed by atoms with Crippen molar-refractivity contribution in [2.75, 3.05) is 18.0 Å². The van der Waals surface area contributed by atoms with E-state index in [4.69, 9.17) is 0 Å². The highest BCUT2D eigenvalue weighted by atomic mass is 35.5. The molecule has 0 atom stereocenters. The van der Waals surface area contributed by atoms with E-state index in [1.54, 1.807) is 12.4 Å². The minimum atomic E-state index is 0. The molecular formula is C16H19Cl2N3O. The van der Waals surface area contributed by atoms with Gasteiger partial charge in [0.15, 0.2) is 0 Å². The summed E-state index contributed by atoms with van der Waals surface area (Å²) in [6.07, 6.45) is 3.39. The van der Waals surface area contributed by atoms with E-state index in [0.29, 0.717) is 12.1 Å². The maximum absolute atomic E-state index is 12.7. The second-order valence-corrected chi connectivity index (χ2v) is 5.01. The predicted molar refractivity (Wildman–Crippen MR) is 93.3 cm³/mol. The molecule has 0 aliphatic carbocycles. The molecule has 2 aromatic rings. The van der Waals surface area contributed by atoms with Crippen molar-refractivity contribution in [2.24, 2.45) is 0 Å². The summed E-state index contributed by atoms with van der Waals surface area (Å²) in [5, 5.41) is 3.34. The fourth-order valence-corrected chi connectivity index (χ4v) is 2.50. The lowest BCUT2D eigenvalue weighted by Gasteiger charge is -2.22. The Kier molecular flexibility index (Phi) is 6.81. The molecule has 0 saturated carbocycles. The van der Waals surface area contributed by atoms with Crippen LogP contribution in [0.4, 0.5) is 5.69 Å². The fraction of sp³-hybridized carbons (Fsp3) is 0.250. The van der Waals surface area contributed by atoms with E-state index >= 15 is 0 Å². The van der Waals surface area contributed by atoms with Gasteiger partial charge in [0.1, 0.15) is 0 Å². The van der Waals surface area contributed by atoms with Crippen molar-refractivity contribution in [3.05, 3.63) is 59.4 Å². The van der Waals surface area contributed by atoms with Crippen LogP contribution in [0.25, 0.3) is 0 Å². The fourth-order valence-electron chi connectivity index (χ4n) is 2.50. The minimum absolute atomic E-state index is 0. The number of nitrogens with zero attached hydrogens (tertiary/aromatic N) is 2. The van der Waals surface area contributed by atoms with Crippen molar-refractivity contribution in [3.63, 3.8) is 0 Å². The van der Waals surface area contributed by atoms with E-state index in [1.165, 1.54) is 0 Å². The number of benzene rings is 1. The molecule has 118 valence electrons. The molecule has 1 N–H and O–H groups in total. The van der Waals surface area contributed by atoms with E-state index in [0.717, 1.165) is 29.9 Å². The molecule has 1 aromatic carbocycles. The van der Waals surface area contributed by atoms with Gasteiger partial charge in [-0.05, 0) is 30.2 Å². The standard InChI is InChI=1S/C16H17N3O.2ClH/c1-12-8-14(11-18-9-12)16(20)19-7-6-17-10-13-4-2-3-5-15(13)19;;/h2-5,8-9,11,17H,6-7,10H2,1H3;2*1H. The lowest BCUT2D eigenvalue weighted by molar-refractivity contribution is 0.0987. The molecule has 0 unspecified atom stereocenters. The third kappa shape index (κ3) is 3.77. The van der Waals surface area contributed by atoms with Crippen molar-refractivity contribution in [1.82, 2.24) is 10.3 Å². The van der Waals surface area contributed by atoms with Gasteiger partial charge in [0.25, 0.3) is 5.91 Å². The van der Waals surface area contributed by atoms with Gasteiger partial charge in [0, 0.05) is 37.7 Å². The highest BCUT2D eigenvalue weighted by molar-refractivity contribution is 6.06. The quantitative estimate of drug-likeness (QED) is 0.868. The summed E-state index contributed by atoms with van der Waals surface area (Å²) in [6.45, 7) is 4.21. The Morgan fingerprint density at radius 2 is 2.00 bits per heavy atom. The van der Waals surface area contributed by atoms with Crippen LogP contribution in [0.15, 0.2) is 42.7 Å². The number of carbonyl (C=O) groups excluding carboxylic acids is 1. The number of nitrogens with one attached hydrogen (secondary N) is 1. The van der Waals surface area contributed by atoms with E-state index in [-0.39, 0.29) is 30.7 Å². The number of anilines is 1. The second kappa shape index (κ2) is 8.13. The number of pyridine rings is 1. The Balaban J connectivity index is 0.00000121. The first kappa shape index (κ1) is 18.4. The maximum Gasteiger partial charge on any atom is 0.259 e. The summed E-state index contributed by atoms with van der Waals surface area (Å²) >= 11 is 0. The maximum atomic E-state index is 12.7. The number of para-hydroxylation sites is 1. The third-order valence-electron chi connectivity index (χ3n) is 3.48. The van der Waals surface area contributed by atoms with Crippen molar-refractivity contribution < 1.29 is 4.79 Å². The summed E-state index contributed by atoms with van der Waals surface area (Å²) in [7, 11) is 0. The van der Waals surface area contributed by atoms with Gasteiger partial charge in [-0.15, -0.1) is 24.8 Å². The number of amides is 1. The van der Waals surface area contributed by atoms with Crippen LogP contribution in [0.5, 0.6) is 0 Å². The lowest BCUT2D eigenvalue weighted by atomic mass is 10.1. The van der Waals surface area contributed by atoms with Crippen LogP contribution in [0.3, 0.4) is 0 Å². The molecule has 6 heteroatoms. The molecule has 1 aromatic heterocycles. The van der Waals surface area contributed by atoms with E-state index < -0.39 is 0 Å². The van der Waals surface area contributed by atoms with Gasteiger partial charge in [-0.3, -0.25) is 9.78 Å². The summed E-state index contributed by atoms with van der Waals surface area (Å²) in [5.41, 5.74) is 3.78. The largest absolute Gasteiger partial charge is 0.311 e. The Morgan fingerprint density at radius 1 is 1.23 bits per heavy atom. The van der Waals surface area contributed by atoms with Crippen molar-refractivity contribution in [2.45, 2.75) is 13.5 Å². The Bertz CT molecular complexity index is 649. The van der Waals surface area contributed by atoms with Gasteiger partial charge in [-0.25, -0.2) is 0 Å². The van der Waals surface area contributed by atoms with Crippen LogP contribution >= 0.6 is 24.8 Å². The van der Waals surface area contributed by atoms with E-state index in [2.05, 4.69) is 16.4 Å². The molecule has 4 nitrogen and oxygen atoms in total. The molecule has 22 heavy (non-hydrogen) atoms. The number of aromatic nitrogens is 1. The van der Waals surface area contributed by atoms with Gasteiger partial charge in [-0.2, -0.15) is 0 Å². The first-order valence-corrected chi connectivity index (χ1v) is 6.78. The Hall–Kier alpha value is -1.62. The summed E-state index contributed by atoms with van der Waals surface area (Å²) in [6, 6.07) is 9.92. The normalized spacial score (nSPS) is 13.2. The van der Waals surface area contributed by atoms with Gasteiger partial charge < -0.3 is 10.2 Å². The van der Waals surface area contributed by atoms with Crippen LogP contribution in [-0.2, 0) is 6.54 Å². The van der Waals surface area contributed by atoms with Crippen LogP contribution in [0.2, 0.25) is 0 Å². The monoisotopic (exact) mass is 339 g/mol. The van der Waals surface area contributed by atoms with Gasteiger partial charge in [0.2, 0.25) is 0 Å². The van der Waals surface area contributed by atoms with Crippen molar-refractivity contribution >= 4 is 36.4 Å². The van der Waals surface area contributed by atoms with Crippen molar-refractivity contribution in [3.8, 4) is 0 Å². The summed E-state index contributed by atoms with van der Waals surface area (Å²) < 4.78 is 0. The predicted octanol–water partition coefficient (Wildman–Crippen LogP) is 2.98. The zero-order valence-corrected chi connectivity index (χ0v) is 13.9. The second-order valence-electron chi connectivity index (χ2n) is 5.01. The average molecular weight is 340 g/mol. The SMILES string of the molecule is Cc1cncc(C(=O)N2CCNCc3ccccc32)c1.Cl.Cl. The van der Waals surface area contributed by atoms with E-state index in [1.807, 2.05) is 36.1 Å². The molecule has 0 bridgehead atoms. The molecular weight excluding hydrogens is 321 g/mol. The molecule has 0 radical (unpaired) electrons. The lowest BCUT2D eigenvalue weighted by Crippen LogP contribution is -2.34. The van der Waals surface area contributed by atoms with Crippen molar-refractivity contribution in [1.29, 1.82) is 0 Å². The number of rotatable bonds is 1. The first-order valence-electron chi connectivity index (χ1n) is 6.78. The Morgan fingerprint density at radius 3 is 2.77 bits per heavy atom. The van der Waals surface area contributed by atoms with Crippen LogP contribution < -0.4 is 10.2 Å². The third-order valence-corrected chi connectivity index (χ3v) is 3.48. The molecule has 2 heterocycles. The number of hydrogen-bond donors (Lipinski definition) is 1. The van der Waals surface area contributed by atoms with Gasteiger partial charge in [0.05, 0.1) is 5.56 Å². The first-order chi connectivity index (χ1) is 9.75. The molecule has 1 aliphatic heterocycles. The van der Waals surface area contributed by atoms with Crippen LogP contribution in [0, 0.1) is 6.92 Å². The van der Waals surface area contributed by atoms with Gasteiger partial charge >= 0.3 is 0 Å². The average Bonchev–Trinajstić information content (AvgIpc) is 2.69. The highest BCUT2D eigenvalue weighted by Gasteiger charge is 2.22. The smallest absolute Gasteiger partial charge is 0.259 e. The molecule has 0 saturated heterocycles. The van der Waals surface area contributed by atoms with Gasteiger partial charge in [-0.1, -0.05) is 18.2 Å². The Labute approximate surface area is 142 Å². The van der Waals surface area contributed by atoms with Crippen LogP contribution in [-0.4, -0.2) is 24.0 Å². The number of fused-ring (bicyclic) bond motifs is 1. The minimum Gasteiger partial charge on any atom is -0.311 e. The number of carbonyl (C=O) groups is 1. The number of halogens is 2. The zero-order chi connectivity index (χ0) is 13.9. The van der Waals surface area contributed by atoms with Crippen LogP contribution in [0.1, 0.15) is 21.5 Å². The molecule has 3 rings (SSSR count). The molecule has 0 fully saturated rings. The molecule has 0 spiro atoms. The van der Waals surface area contributed by atoms with E-state index in [9.17, 15) is 4.79 Å². The molecule has 1 amide bonds. The molecule has 1 aliphatic rings. The summed E-state index contributed by atoms with van der Waals surface area (Å²) in [5.74, 6) is 0.0114. The summed E-state index contributed by atoms with van der Waals surface area (Å²) in [4.78, 5) is 18.7. The highest BCUT2D eigenvalue weighted by Crippen LogP contribution is 2.23. The topological polar surface area (TPSA) is 45.2 Å².